The van der Waals surface area contributed by atoms with Crippen LogP contribution in [0, 0.1) is 19.8 Å². The molecular formula is C24H20F3N3O4. The lowest BCUT2D eigenvalue weighted by Gasteiger charge is -2.26. The second kappa shape index (κ2) is 9.42. The van der Waals surface area contributed by atoms with E-state index in [2.05, 4.69) is 25.0 Å². The second-order valence-corrected chi connectivity index (χ2v) is 7.67. The number of amidine groups is 1. The van der Waals surface area contributed by atoms with E-state index in [1.165, 1.54) is 12.3 Å². The zero-order valence-electron chi connectivity index (χ0n) is 18.2. The molecule has 0 bridgehead atoms. The zero-order chi connectivity index (χ0) is 24.3. The molecule has 1 aromatic heterocycles. The van der Waals surface area contributed by atoms with Crippen molar-refractivity contribution in [2.45, 2.75) is 26.0 Å². The fourth-order valence-corrected chi connectivity index (χ4v) is 3.83. The number of halogens is 3. The number of carbonyl (C=O) groups is 1. The first-order valence-corrected chi connectivity index (χ1v) is 10.2. The number of aromatic nitrogens is 1. The van der Waals surface area contributed by atoms with E-state index in [0.29, 0.717) is 27.8 Å². The van der Waals surface area contributed by atoms with Crippen molar-refractivity contribution in [1.29, 1.82) is 0 Å². The molecule has 0 saturated heterocycles. The topological polar surface area (TPSA) is 82.0 Å². The number of pyridine rings is 1. The van der Waals surface area contributed by atoms with E-state index in [9.17, 15) is 18.0 Å². The smallest absolute Gasteiger partial charge is 0.387 e. The van der Waals surface area contributed by atoms with Gasteiger partial charge in [-0.2, -0.15) is 18.7 Å². The van der Waals surface area contributed by atoms with Crippen LogP contribution in [0.15, 0.2) is 59.7 Å². The molecule has 10 heteroatoms. The molecule has 1 unspecified atom stereocenters. The molecule has 0 aliphatic carbocycles. The number of ether oxygens (including phenoxy) is 2. The summed E-state index contributed by atoms with van der Waals surface area (Å²) in [5.41, 5.74) is 4.54. The molecule has 1 aliphatic heterocycles. The van der Waals surface area contributed by atoms with Crippen molar-refractivity contribution in [1.82, 2.24) is 10.5 Å². The van der Waals surface area contributed by atoms with Crippen LogP contribution < -0.4 is 10.2 Å². The van der Waals surface area contributed by atoms with Gasteiger partial charge in [0.05, 0.1) is 0 Å². The molecule has 0 radical (unpaired) electrons. The summed E-state index contributed by atoms with van der Waals surface area (Å²) in [4.78, 5) is 23.5. The van der Waals surface area contributed by atoms with Crippen LogP contribution >= 0.6 is 0 Å². The summed E-state index contributed by atoms with van der Waals surface area (Å²) < 4.78 is 50.1. The van der Waals surface area contributed by atoms with Crippen molar-refractivity contribution in [3.05, 3.63) is 82.9 Å². The number of aryl methyl sites for hydroxylation is 2. The molecule has 3 aromatic rings. The Morgan fingerprint density at radius 1 is 1.15 bits per heavy atom. The van der Waals surface area contributed by atoms with Crippen molar-refractivity contribution in [3.8, 4) is 16.9 Å². The minimum Gasteiger partial charge on any atom is -0.460 e. The number of hydrogen-bond acceptors (Lipinski definition) is 7. The Kier molecular flexibility index (Phi) is 6.40. The van der Waals surface area contributed by atoms with Crippen LogP contribution in [0.25, 0.3) is 11.1 Å². The highest BCUT2D eigenvalue weighted by atomic mass is 19.3. The number of benzene rings is 2. The minimum absolute atomic E-state index is 0.00401. The van der Waals surface area contributed by atoms with Gasteiger partial charge in [0.2, 0.25) is 5.95 Å². The number of hydrogen-bond donors (Lipinski definition) is 1. The fraction of sp³-hybridized carbons (Fsp3) is 0.208. The molecule has 7 nitrogen and oxygen atoms in total. The van der Waals surface area contributed by atoms with Crippen LogP contribution in [-0.4, -0.2) is 30.7 Å². The average molecular weight is 471 g/mol. The summed E-state index contributed by atoms with van der Waals surface area (Å²) in [6, 6.07) is 13.4. The summed E-state index contributed by atoms with van der Waals surface area (Å²) in [6.45, 7) is 0.669. The molecule has 0 saturated carbocycles. The van der Waals surface area contributed by atoms with E-state index in [0.717, 1.165) is 5.56 Å². The Balaban J connectivity index is 1.84. The molecule has 1 atom stereocenters. The Bertz CT molecular complexity index is 1250. The Labute approximate surface area is 193 Å². The van der Waals surface area contributed by atoms with Crippen LogP contribution in [-0.2, 0) is 19.9 Å². The highest BCUT2D eigenvalue weighted by Crippen LogP contribution is 2.41. The first-order chi connectivity index (χ1) is 16.3. The number of carbonyl (C=O) groups excluding carboxylic acids is 1. The molecule has 176 valence electrons. The van der Waals surface area contributed by atoms with Crippen LogP contribution in [0.5, 0.6) is 5.75 Å². The van der Waals surface area contributed by atoms with Gasteiger partial charge in [0.25, 0.3) is 0 Å². The number of nitrogens with one attached hydrogen (secondary N) is 1. The van der Waals surface area contributed by atoms with Crippen LogP contribution in [0.1, 0.15) is 22.3 Å². The van der Waals surface area contributed by atoms with Crippen LogP contribution in [0.3, 0.4) is 0 Å². The third-order valence-electron chi connectivity index (χ3n) is 5.40. The SMILES string of the molecule is Cc1cnc(F)c(-c2cccc(C3(c4ccc(OC(F)F)c(C)c4)COC(NOC=O)=N3)c2)c1. The molecule has 1 N–H and O–H groups in total. The number of nitrogens with zero attached hydrogens (tertiary/aromatic N) is 2. The first kappa shape index (κ1) is 23.1. The van der Waals surface area contributed by atoms with Crippen LogP contribution in [0.2, 0.25) is 0 Å². The van der Waals surface area contributed by atoms with E-state index in [1.807, 2.05) is 6.92 Å². The van der Waals surface area contributed by atoms with Crippen molar-refractivity contribution >= 4 is 12.5 Å². The van der Waals surface area contributed by atoms with Crippen molar-refractivity contribution in [2.75, 3.05) is 6.61 Å². The summed E-state index contributed by atoms with van der Waals surface area (Å²) >= 11 is 0. The Morgan fingerprint density at radius 2 is 1.94 bits per heavy atom. The molecule has 2 aromatic carbocycles. The van der Waals surface area contributed by atoms with Gasteiger partial charge in [-0.15, -0.1) is 0 Å². The van der Waals surface area contributed by atoms with Gasteiger partial charge in [0, 0.05) is 11.8 Å². The number of alkyl halides is 2. The van der Waals surface area contributed by atoms with Crippen molar-refractivity contribution < 1.29 is 32.3 Å². The maximum absolute atomic E-state index is 14.5. The maximum Gasteiger partial charge on any atom is 0.387 e. The zero-order valence-corrected chi connectivity index (χ0v) is 18.2. The van der Waals surface area contributed by atoms with Gasteiger partial charge >= 0.3 is 19.1 Å². The van der Waals surface area contributed by atoms with E-state index in [-0.39, 0.29) is 24.9 Å². The van der Waals surface area contributed by atoms with E-state index in [4.69, 9.17) is 4.74 Å². The number of hydroxylamine groups is 1. The highest BCUT2D eigenvalue weighted by Gasteiger charge is 2.41. The third-order valence-corrected chi connectivity index (χ3v) is 5.40. The number of rotatable bonds is 7. The first-order valence-electron chi connectivity index (χ1n) is 10.2. The largest absolute Gasteiger partial charge is 0.460 e. The lowest BCUT2D eigenvalue weighted by Crippen LogP contribution is -2.27. The molecular weight excluding hydrogens is 451 g/mol. The predicted molar refractivity (Wildman–Crippen MR) is 117 cm³/mol. The van der Waals surface area contributed by atoms with Crippen LogP contribution in [0.4, 0.5) is 13.2 Å². The van der Waals surface area contributed by atoms with Gasteiger partial charge in [0.15, 0.2) is 5.54 Å². The standard InChI is InChI=1S/C24H20F3N3O4/c1-14-8-19(21(25)28-11-14)16-4-3-5-17(10-16)24(12-32-23(29-24)30-33-13-31)18-6-7-20(15(2)9-18)34-22(26)27/h3-11,13,22H,12H2,1-2H3,(H,29,30). The predicted octanol–water partition coefficient (Wildman–Crippen LogP) is 4.41. The van der Waals surface area contributed by atoms with Gasteiger partial charge in [-0.25, -0.2) is 9.98 Å². The van der Waals surface area contributed by atoms with Crippen molar-refractivity contribution in [3.63, 3.8) is 0 Å². The van der Waals surface area contributed by atoms with E-state index in [1.54, 1.807) is 49.4 Å². The molecule has 34 heavy (non-hydrogen) atoms. The molecule has 2 heterocycles. The summed E-state index contributed by atoms with van der Waals surface area (Å²) in [5, 5.41) is 0. The van der Waals surface area contributed by atoms with E-state index >= 15 is 0 Å². The Morgan fingerprint density at radius 3 is 2.68 bits per heavy atom. The summed E-state index contributed by atoms with van der Waals surface area (Å²) in [5.74, 6) is -0.588. The monoisotopic (exact) mass is 471 g/mol. The van der Waals surface area contributed by atoms with E-state index < -0.39 is 18.1 Å². The lowest BCUT2D eigenvalue weighted by atomic mass is 9.82. The van der Waals surface area contributed by atoms with Gasteiger partial charge in [-0.05, 0) is 65.9 Å². The summed E-state index contributed by atoms with van der Waals surface area (Å²) in [7, 11) is 0. The second-order valence-electron chi connectivity index (χ2n) is 7.67. The van der Waals surface area contributed by atoms with Crippen molar-refractivity contribution in [2.24, 2.45) is 4.99 Å². The average Bonchev–Trinajstić information content (AvgIpc) is 3.26. The lowest BCUT2D eigenvalue weighted by molar-refractivity contribution is -0.132. The van der Waals surface area contributed by atoms with Gasteiger partial charge in [-0.3, -0.25) is 4.79 Å². The molecule has 0 spiro atoms. The molecule has 0 fully saturated rings. The Hall–Kier alpha value is -4.08. The van der Waals surface area contributed by atoms with Gasteiger partial charge in [0.1, 0.15) is 12.4 Å². The number of aliphatic imine (C=N–C) groups is 1. The molecule has 1 aliphatic rings. The quantitative estimate of drug-likeness (QED) is 0.312. The van der Waals surface area contributed by atoms with Gasteiger partial charge < -0.3 is 14.3 Å². The molecule has 4 rings (SSSR count). The summed E-state index contributed by atoms with van der Waals surface area (Å²) in [6.07, 6.45) is 1.44. The minimum atomic E-state index is -2.96. The fourth-order valence-electron chi connectivity index (χ4n) is 3.83. The maximum atomic E-state index is 14.5. The highest BCUT2D eigenvalue weighted by molar-refractivity contribution is 5.77. The third kappa shape index (κ3) is 4.52. The molecule has 0 amide bonds. The normalized spacial score (nSPS) is 17.2. The van der Waals surface area contributed by atoms with Gasteiger partial charge in [-0.1, -0.05) is 24.3 Å².